The van der Waals surface area contributed by atoms with E-state index in [9.17, 15) is 5.11 Å². The van der Waals surface area contributed by atoms with Crippen LogP contribution < -0.4 is 0 Å². The van der Waals surface area contributed by atoms with Crippen LogP contribution in [0.3, 0.4) is 0 Å². The average molecular weight is 145 g/mol. The minimum Gasteiger partial charge on any atom is -0.267 e. The molecule has 0 bridgehead atoms. The standard InChI is InChI=1S/C8H5N2O/c11-8-7-5-9-3-1-6(7)2-4-10-8/h1-5H. The molecular formula is C8H5N2O. The van der Waals surface area contributed by atoms with Crippen molar-refractivity contribution in [3.63, 3.8) is 0 Å². The molecule has 0 fully saturated rings. The summed E-state index contributed by atoms with van der Waals surface area (Å²) in [7, 11) is 0. The lowest BCUT2D eigenvalue weighted by Crippen LogP contribution is -1.77. The molecule has 0 aliphatic carbocycles. The van der Waals surface area contributed by atoms with Crippen molar-refractivity contribution in [3.8, 4) is 5.88 Å². The predicted molar refractivity (Wildman–Crippen MR) is 39.7 cm³/mol. The number of rotatable bonds is 0. The minimum absolute atomic E-state index is 0.212. The summed E-state index contributed by atoms with van der Waals surface area (Å²) >= 11 is 0. The summed E-state index contributed by atoms with van der Waals surface area (Å²) in [6, 6.07) is 3.58. The fraction of sp³-hybridized carbons (Fsp3) is 0. The van der Waals surface area contributed by atoms with Crippen LogP contribution in [-0.4, -0.2) is 9.97 Å². The van der Waals surface area contributed by atoms with Crippen LogP contribution in [-0.2, 0) is 5.11 Å². The largest absolute Gasteiger partial charge is 0.279 e. The summed E-state index contributed by atoms with van der Waals surface area (Å²) in [6.07, 6.45) is 4.69. The van der Waals surface area contributed by atoms with E-state index in [1.54, 1.807) is 18.3 Å². The third kappa shape index (κ3) is 0.902. The molecule has 3 nitrogen and oxygen atoms in total. The normalized spacial score (nSPS) is 10.2. The number of nitrogens with zero attached hydrogens (tertiary/aromatic N) is 2. The molecule has 0 aromatic carbocycles. The van der Waals surface area contributed by atoms with Gasteiger partial charge in [-0.05, 0) is 17.5 Å². The van der Waals surface area contributed by atoms with Crippen molar-refractivity contribution in [2.24, 2.45) is 0 Å². The van der Waals surface area contributed by atoms with Crippen LogP contribution in [0.1, 0.15) is 0 Å². The van der Waals surface area contributed by atoms with Gasteiger partial charge in [-0.25, -0.2) is 4.98 Å². The molecule has 1 radical (unpaired) electrons. The van der Waals surface area contributed by atoms with Gasteiger partial charge in [-0.2, -0.15) is 0 Å². The third-order valence-electron chi connectivity index (χ3n) is 1.53. The zero-order valence-corrected chi connectivity index (χ0v) is 5.69. The van der Waals surface area contributed by atoms with Crippen LogP contribution in [0, 0.1) is 0 Å². The smallest absolute Gasteiger partial charge is 0.267 e. The molecule has 0 saturated carbocycles. The van der Waals surface area contributed by atoms with Crippen LogP contribution in [0.25, 0.3) is 10.8 Å². The molecule has 2 aromatic rings. The number of fused-ring (bicyclic) bond motifs is 1. The second-order valence-electron chi connectivity index (χ2n) is 2.21. The lowest BCUT2D eigenvalue weighted by Gasteiger charge is -1.93. The SMILES string of the molecule is [O]c1nccc2ccncc12. The fourth-order valence-electron chi connectivity index (χ4n) is 0.984. The van der Waals surface area contributed by atoms with Gasteiger partial charge < -0.3 is 0 Å². The van der Waals surface area contributed by atoms with Crippen molar-refractivity contribution in [1.82, 2.24) is 9.97 Å². The first-order valence-corrected chi connectivity index (χ1v) is 3.24. The highest BCUT2D eigenvalue weighted by molar-refractivity contribution is 5.85. The lowest BCUT2D eigenvalue weighted by atomic mass is 10.2. The zero-order chi connectivity index (χ0) is 7.68. The molecule has 0 unspecified atom stereocenters. The second-order valence-corrected chi connectivity index (χ2v) is 2.21. The molecule has 11 heavy (non-hydrogen) atoms. The average Bonchev–Trinajstić information content (AvgIpc) is 2.06. The maximum atomic E-state index is 11.0. The molecule has 3 heteroatoms. The lowest BCUT2D eigenvalue weighted by molar-refractivity contribution is 0.343. The van der Waals surface area contributed by atoms with Gasteiger partial charge in [0, 0.05) is 18.6 Å². The molecule has 2 aromatic heterocycles. The number of hydrogen-bond donors (Lipinski definition) is 0. The molecule has 0 spiro atoms. The molecule has 53 valence electrons. The molecule has 0 aliphatic rings. The van der Waals surface area contributed by atoms with Crippen molar-refractivity contribution in [2.45, 2.75) is 0 Å². The van der Waals surface area contributed by atoms with Gasteiger partial charge in [0.25, 0.3) is 5.88 Å². The molecule has 0 atom stereocenters. The Morgan fingerprint density at radius 1 is 1.18 bits per heavy atom. The summed E-state index contributed by atoms with van der Waals surface area (Å²) < 4.78 is 0. The Morgan fingerprint density at radius 3 is 2.82 bits per heavy atom. The Kier molecular flexibility index (Phi) is 1.22. The molecule has 2 rings (SSSR count). The van der Waals surface area contributed by atoms with E-state index in [0.717, 1.165) is 5.39 Å². The van der Waals surface area contributed by atoms with Crippen molar-refractivity contribution in [2.75, 3.05) is 0 Å². The highest BCUT2D eigenvalue weighted by atomic mass is 16.3. The van der Waals surface area contributed by atoms with Gasteiger partial charge in [0.05, 0.1) is 5.39 Å². The van der Waals surface area contributed by atoms with Gasteiger partial charge >= 0.3 is 0 Å². The third-order valence-corrected chi connectivity index (χ3v) is 1.53. The maximum absolute atomic E-state index is 11.0. The highest BCUT2D eigenvalue weighted by Crippen LogP contribution is 2.19. The number of hydrogen-bond acceptors (Lipinski definition) is 2. The zero-order valence-electron chi connectivity index (χ0n) is 5.69. The maximum Gasteiger partial charge on any atom is 0.279 e. The van der Waals surface area contributed by atoms with Crippen LogP contribution >= 0.6 is 0 Å². The summed E-state index contributed by atoms with van der Waals surface area (Å²) in [5.74, 6) is -0.212. The van der Waals surface area contributed by atoms with Crippen molar-refractivity contribution >= 4 is 10.8 Å². The summed E-state index contributed by atoms with van der Waals surface area (Å²) in [4.78, 5) is 7.45. The molecule has 0 saturated heterocycles. The monoisotopic (exact) mass is 145 g/mol. The van der Waals surface area contributed by atoms with E-state index in [0.29, 0.717) is 5.39 Å². The van der Waals surface area contributed by atoms with Crippen LogP contribution in [0.4, 0.5) is 0 Å². The van der Waals surface area contributed by atoms with Crippen molar-refractivity contribution in [3.05, 3.63) is 30.7 Å². The van der Waals surface area contributed by atoms with Crippen LogP contribution in [0.15, 0.2) is 30.7 Å². The van der Waals surface area contributed by atoms with Crippen LogP contribution in [0.5, 0.6) is 5.88 Å². The van der Waals surface area contributed by atoms with E-state index in [1.807, 2.05) is 0 Å². The topological polar surface area (TPSA) is 45.7 Å². The summed E-state index contributed by atoms with van der Waals surface area (Å²) in [6.45, 7) is 0. The Morgan fingerprint density at radius 2 is 2.00 bits per heavy atom. The number of pyridine rings is 2. The molecule has 0 amide bonds. The molecule has 2 heterocycles. The van der Waals surface area contributed by atoms with Gasteiger partial charge in [-0.1, -0.05) is 0 Å². The Labute approximate surface area is 63.3 Å². The van der Waals surface area contributed by atoms with E-state index in [2.05, 4.69) is 9.97 Å². The predicted octanol–water partition coefficient (Wildman–Crippen LogP) is 1.77. The fourth-order valence-corrected chi connectivity index (χ4v) is 0.984. The Bertz CT molecular complexity index is 381. The van der Waals surface area contributed by atoms with E-state index in [-0.39, 0.29) is 5.88 Å². The summed E-state index contributed by atoms with van der Waals surface area (Å²) in [5.41, 5.74) is 0. The first-order chi connectivity index (χ1) is 5.38. The van der Waals surface area contributed by atoms with Gasteiger partial charge in [0.2, 0.25) is 0 Å². The van der Waals surface area contributed by atoms with E-state index in [4.69, 9.17) is 0 Å². The van der Waals surface area contributed by atoms with Gasteiger partial charge in [0.15, 0.2) is 0 Å². The molecular weight excluding hydrogens is 140 g/mol. The van der Waals surface area contributed by atoms with E-state index < -0.39 is 0 Å². The van der Waals surface area contributed by atoms with E-state index in [1.165, 1.54) is 12.4 Å². The Balaban J connectivity index is 2.91. The van der Waals surface area contributed by atoms with Gasteiger partial charge in [-0.15, -0.1) is 0 Å². The second kappa shape index (κ2) is 2.20. The van der Waals surface area contributed by atoms with E-state index >= 15 is 0 Å². The quantitative estimate of drug-likeness (QED) is 0.567. The summed E-state index contributed by atoms with van der Waals surface area (Å²) in [5, 5.41) is 12.5. The molecule has 0 aliphatic heterocycles. The van der Waals surface area contributed by atoms with Crippen molar-refractivity contribution in [1.29, 1.82) is 0 Å². The van der Waals surface area contributed by atoms with Crippen molar-refractivity contribution < 1.29 is 5.11 Å². The van der Waals surface area contributed by atoms with Gasteiger partial charge in [0.1, 0.15) is 0 Å². The first kappa shape index (κ1) is 6.09. The molecule has 0 N–H and O–H groups in total. The first-order valence-electron chi connectivity index (χ1n) is 3.24. The Hall–Kier alpha value is -1.64. The number of aromatic nitrogens is 2. The highest BCUT2D eigenvalue weighted by Gasteiger charge is 1.99. The van der Waals surface area contributed by atoms with Gasteiger partial charge in [-0.3, -0.25) is 10.1 Å². The minimum atomic E-state index is -0.212. The van der Waals surface area contributed by atoms with Crippen LogP contribution in [0.2, 0.25) is 0 Å².